The van der Waals surface area contributed by atoms with E-state index in [1.54, 1.807) is 18.2 Å². The van der Waals surface area contributed by atoms with Crippen LogP contribution in [0.2, 0.25) is 0 Å². The van der Waals surface area contributed by atoms with E-state index in [1.165, 1.54) is 24.4 Å². The topological polar surface area (TPSA) is 80.8 Å². The number of rotatable bonds is 9. The van der Waals surface area contributed by atoms with Crippen LogP contribution < -0.4 is 5.43 Å². The Hall–Kier alpha value is -2.84. The maximum atomic E-state index is 15.1. The Bertz CT molecular complexity index is 1090. The summed E-state index contributed by atoms with van der Waals surface area (Å²) in [7, 11) is 0. The van der Waals surface area contributed by atoms with Gasteiger partial charge in [0, 0.05) is 42.6 Å². The van der Waals surface area contributed by atoms with E-state index in [4.69, 9.17) is 14.2 Å². The molecule has 0 saturated carbocycles. The van der Waals surface area contributed by atoms with Crippen molar-refractivity contribution >= 4 is 0 Å². The second-order valence-electron chi connectivity index (χ2n) is 8.02. The Morgan fingerprint density at radius 3 is 2.70 bits per heavy atom. The zero-order valence-electron chi connectivity index (χ0n) is 18.3. The van der Waals surface area contributed by atoms with Crippen molar-refractivity contribution in [2.75, 3.05) is 13.2 Å². The van der Waals surface area contributed by atoms with E-state index >= 15 is 4.39 Å². The average molecular weight is 454 g/mol. The predicted molar refractivity (Wildman–Crippen MR) is 121 cm³/mol. The number of ether oxygens (including phenoxy) is 3. The third kappa shape index (κ3) is 5.39. The van der Waals surface area contributed by atoms with Gasteiger partial charge >= 0.3 is 0 Å². The summed E-state index contributed by atoms with van der Waals surface area (Å²) < 4.78 is 34.1. The number of halogens is 1. The van der Waals surface area contributed by atoms with Crippen molar-refractivity contribution < 1.29 is 23.7 Å². The molecule has 1 fully saturated rings. The molecule has 0 amide bonds. The number of aliphatic hydroxyl groups is 1. The molecule has 33 heavy (non-hydrogen) atoms. The molecule has 0 aliphatic carbocycles. The van der Waals surface area contributed by atoms with Crippen LogP contribution in [-0.2, 0) is 26.6 Å². The zero-order valence-corrected chi connectivity index (χ0v) is 18.3. The highest BCUT2D eigenvalue weighted by molar-refractivity contribution is 5.25. The number of aliphatic hydroxyl groups excluding tert-OH is 1. The molecule has 1 aromatic heterocycles. The van der Waals surface area contributed by atoms with E-state index < -0.39 is 23.8 Å². The van der Waals surface area contributed by atoms with Crippen LogP contribution in [0.25, 0.3) is 0 Å². The average Bonchev–Trinajstić information content (AvgIpc) is 2.84. The Kier molecular flexibility index (Phi) is 7.67. The van der Waals surface area contributed by atoms with Crippen molar-refractivity contribution in [2.24, 2.45) is 0 Å². The van der Waals surface area contributed by atoms with Crippen molar-refractivity contribution in [3.05, 3.63) is 106 Å². The maximum Gasteiger partial charge on any atom is 0.225 e. The summed E-state index contributed by atoms with van der Waals surface area (Å²) in [6.07, 6.45) is 1.67. The van der Waals surface area contributed by atoms with Crippen molar-refractivity contribution in [3.8, 4) is 0 Å². The van der Waals surface area contributed by atoms with Gasteiger partial charge in [0.2, 0.25) is 5.79 Å². The van der Waals surface area contributed by atoms with Gasteiger partial charge in [0.25, 0.3) is 0 Å². The zero-order chi connectivity index (χ0) is 23.1. The molecule has 2 aromatic carbocycles. The van der Waals surface area contributed by atoms with E-state index in [9.17, 15) is 9.90 Å². The van der Waals surface area contributed by atoms with Gasteiger partial charge in [-0.15, -0.1) is 0 Å². The molecule has 3 atom stereocenters. The summed E-state index contributed by atoms with van der Waals surface area (Å²) in [5, 5.41) is 9.71. The first-order valence-corrected chi connectivity index (χ1v) is 11.1. The molecule has 0 spiro atoms. The van der Waals surface area contributed by atoms with Crippen LogP contribution in [0.3, 0.4) is 0 Å². The first-order valence-electron chi connectivity index (χ1n) is 11.1. The largest absolute Gasteiger partial charge is 0.396 e. The molecule has 7 heteroatoms. The fraction of sp³-hybridized carbons (Fsp3) is 0.346. The lowest BCUT2D eigenvalue weighted by Crippen LogP contribution is -2.50. The van der Waals surface area contributed by atoms with E-state index in [0.29, 0.717) is 25.3 Å². The third-order valence-electron chi connectivity index (χ3n) is 5.75. The van der Waals surface area contributed by atoms with Crippen molar-refractivity contribution in [2.45, 2.75) is 43.9 Å². The molecule has 3 unspecified atom stereocenters. The first kappa shape index (κ1) is 23.3. The number of aromatic amines is 1. The Balaban J connectivity index is 1.73. The minimum absolute atomic E-state index is 0.185. The lowest BCUT2D eigenvalue weighted by Gasteiger charge is -2.45. The summed E-state index contributed by atoms with van der Waals surface area (Å²) in [5.41, 5.74) is 1.48. The molecule has 4 rings (SSSR count). The maximum absolute atomic E-state index is 15.1. The summed E-state index contributed by atoms with van der Waals surface area (Å²) in [6.45, 7) is 0.475. The second kappa shape index (κ2) is 10.9. The first-order chi connectivity index (χ1) is 16.1. The van der Waals surface area contributed by atoms with Crippen LogP contribution in [0.15, 0.2) is 77.7 Å². The van der Waals surface area contributed by atoms with Gasteiger partial charge in [-0.1, -0.05) is 48.5 Å². The van der Waals surface area contributed by atoms with E-state index in [0.717, 1.165) is 12.0 Å². The van der Waals surface area contributed by atoms with Gasteiger partial charge in [-0.2, -0.15) is 0 Å². The highest BCUT2D eigenvalue weighted by Gasteiger charge is 2.49. The molecule has 1 saturated heterocycles. The summed E-state index contributed by atoms with van der Waals surface area (Å²) in [6, 6.07) is 18.8. The van der Waals surface area contributed by atoms with E-state index in [1.807, 2.05) is 30.3 Å². The number of benzene rings is 2. The number of nitrogens with one attached hydrogen (secondary N) is 1. The smallest absolute Gasteiger partial charge is 0.225 e. The molecule has 3 aromatic rings. The number of aromatic nitrogens is 1. The molecule has 174 valence electrons. The van der Waals surface area contributed by atoms with Gasteiger partial charge in [0.1, 0.15) is 18.0 Å². The molecule has 1 aliphatic rings. The molecular weight excluding hydrogens is 425 g/mol. The minimum atomic E-state index is -1.55. The van der Waals surface area contributed by atoms with Crippen molar-refractivity contribution in [1.29, 1.82) is 0 Å². The number of pyridine rings is 1. The predicted octanol–water partition coefficient (Wildman–Crippen LogP) is 4.20. The van der Waals surface area contributed by atoms with Crippen LogP contribution in [-0.4, -0.2) is 29.4 Å². The third-order valence-corrected chi connectivity index (χ3v) is 5.75. The summed E-state index contributed by atoms with van der Waals surface area (Å²) in [4.78, 5) is 15.0. The molecule has 0 radical (unpaired) electrons. The molecule has 2 N–H and O–H groups in total. The highest BCUT2D eigenvalue weighted by Crippen LogP contribution is 2.43. The molecule has 0 bridgehead atoms. The Morgan fingerprint density at radius 1 is 1.15 bits per heavy atom. The van der Waals surface area contributed by atoms with Gasteiger partial charge < -0.3 is 24.3 Å². The highest BCUT2D eigenvalue weighted by atomic mass is 19.1. The lowest BCUT2D eigenvalue weighted by molar-refractivity contribution is -0.340. The Labute approximate surface area is 192 Å². The van der Waals surface area contributed by atoms with Crippen molar-refractivity contribution in [1.82, 2.24) is 4.98 Å². The van der Waals surface area contributed by atoms with Gasteiger partial charge in [-0.05, 0) is 24.5 Å². The Morgan fingerprint density at radius 2 is 1.94 bits per heavy atom. The monoisotopic (exact) mass is 453 g/mol. The molecule has 6 nitrogen and oxygen atoms in total. The second-order valence-corrected chi connectivity index (χ2v) is 8.02. The number of hydrogen-bond acceptors (Lipinski definition) is 5. The van der Waals surface area contributed by atoms with Crippen LogP contribution in [0.4, 0.5) is 4.39 Å². The van der Waals surface area contributed by atoms with Crippen LogP contribution >= 0.6 is 0 Å². The van der Waals surface area contributed by atoms with Crippen molar-refractivity contribution in [3.63, 3.8) is 0 Å². The minimum Gasteiger partial charge on any atom is -0.396 e. The fourth-order valence-electron chi connectivity index (χ4n) is 4.16. The van der Waals surface area contributed by atoms with Crippen LogP contribution in [0.5, 0.6) is 0 Å². The number of hydrogen-bond donors (Lipinski definition) is 2. The van der Waals surface area contributed by atoms with Gasteiger partial charge in [0.15, 0.2) is 5.43 Å². The van der Waals surface area contributed by atoms with E-state index in [-0.39, 0.29) is 24.0 Å². The molecular formula is C26H28FNO5. The standard InChI is InChI=1S/C26H28FNO5/c27-22-10-5-4-9-21(22)26(33-24(13-15-29)23-17-20(30)12-14-28-23)25(11-6-16-32-26)31-18-19-7-2-1-3-8-19/h1-5,7-10,12,14,17,24-25,29H,6,11,13,15-16,18H2,(H,28,30). The number of H-pyrrole nitrogens is 1. The van der Waals surface area contributed by atoms with Gasteiger partial charge in [-0.25, -0.2) is 4.39 Å². The quantitative estimate of drug-likeness (QED) is 0.508. The van der Waals surface area contributed by atoms with Crippen LogP contribution in [0.1, 0.15) is 42.2 Å². The molecule has 1 aliphatic heterocycles. The lowest BCUT2D eigenvalue weighted by atomic mass is 9.92. The van der Waals surface area contributed by atoms with Gasteiger partial charge in [0.05, 0.1) is 13.2 Å². The molecule has 2 heterocycles. The SMILES string of the molecule is O=c1cc[nH]c(C(CCO)OC2(c3ccccc3F)OCCCC2OCc2ccccc2)c1. The van der Waals surface area contributed by atoms with E-state index in [2.05, 4.69) is 4.98 Å². The summed E-state index contributed by atoms with van der Waals surface area (Å²) >= 11 is 0. The normalized spacial score (nSPS) is 21.6. The fourth-order valence-corrected chi connectivity index (χ4v) is 4.16. The summed E-state index contributed by atoms with van der Waals surface area (Å²) in [5.74, 6) is -2.03. The van der Waals surface area contributed by atoms with Gasteiger partial charge in [-0.3, -0.25) is 4.79 Å². The van der Waals surface area contributed by atoms with Crippen LogP contribution in [0, 0.1) is 5.82 Å².